The fourth-order valence-electron chi connectivity index (χ4n) is 3.50. The van der Waals surface area contributed by atoms with Crippen molar-refractivity contribution in [2.75, 3.05) is 19.6 Å². The number of carbonyl (C=O) groups is 1. The average Bonchev–Trinajstić information content (AvgIpc) is 2.75. The second-order valence-electron chi connectivity index (χ2n) is 7.77. The van der Waals surface area contributed by atoms with Gasteiger partial charge in [0.15, 0.2) is 0 Å². The zero-order valence-electron chi connectivity index (χ0n) is 14.9. The van der Waals surface area contributed by atoms with E-state index in [-0.39, 0.29) is 11.4 Å². The quantitative estimate of drug-likeness (QED) is 0.929. The molecule has 0 aliphatic carbocycles. The Morgan fingerprint density at radius 2 is 1.86 bits per heavy atom. The standard InChI is InChI=1S/C18H31N3O/c1-13-9-14(2)11-21(10-13)18(4,5)12-19-17(22)16-8-7-15(3)20(16)6/h7-8,13-14H,9-12H2,1-6H3,(H,19,22). The molecule has 0 radical (unpaired) electrons. The van der Waals surface area contributed by atoms with Crippen LogP contribution < -0.4 is 5.32 Å². The lowest BCUT2D eigenvalue weighted by Crippen LogP contribution is -2.56. The molecular weight excluding hydrogens is 274 g/mol. The molecule has 1 fully saturated rings. The summed E-state index contributed by atoms with van der Waals surface area (Å²) in [5, 5.41) is 3.12. The van der Waals surface area contributed by atoms with Gasteiger partial charge in [0.05, 0.1) is 0 Å². The minimum absolute atomic E-state index is 0.0151. The molecule has 1 aliphatic heterocycles. The van der Waals surface area contributed by atoms with Gasteiger partial charge in [0, 0.05) is 37.9 Å². The van der Waals surface area contributed by atoms with Crippen LogP contribution in [0.15, 0.2) is 12.1 Å². The highest BCUT2D eigenvalue weighted by Crippen LogP contribution is 2.26. The zero-order chi connectivity index (χ0) is 16.5. The van der Waals surface area contributed by atoms with Crippen molar-refractivity contribution < 1.29 is 4.79 Å². The molecule has 124 valence electrons. The fraction of sp³-hybridized carbons (Fsp3) is 0.722. The molecule has 2 heterocycles. The van der Waals surface area contributed by atoms with Crippen LogP contribution in [-0.4, -0.2) is 40.5 Å². The van der Waals surface area contributed by atoms with Crippen molar-refractivity contribution in [2.24, 2.45) is 18.9 Å². The van der Waals surface area contributed by atoms with E-state index in [4.69, 9.17) is 0 Å². The molecule has 2 rings (SSSR count). The Morgan fingerprint density at radius 1 is 1.27 bits per heavy atom. The Hall–Kier alpha value is -1.29. The van der Waals surface area contributed by atoms with Crippen LogP contribution >= 0.6 is 0 Å². The van der Waals surface area contributed by atoms with E-state index in [9.17, 15) is 4.79 Å². The molecule has 1 aromatic heterocycles. The van der Waals surface area contributed by atoms with Gasteiger partial charge in [0.2, 0.25) is 0 Å². The zero-order valence-corrected chi connectivity index (χ0v) is 14.9. The first kappa shape index (κ1) is 17.1. The second-order valence-corrected chi connectivity index (χ2v) is 7.77. The van der Waals surface area contributed by atoms with Crippen LogP contribution in [0.25, 0.3) is 0 Å². The molecule has 1 N–H and O–H groups in total. The normalized spacial score (nSPS) is 23.5. The Morgan fingerprint density at radius 3 is 2.36 bits per heavy atom. The first-order valence-corrected chi connectivity index (χ1v) is 8.36. The van der Waals surface area contributed by atoms with Crippen molar-refractivity contribution in [1.82, 2.24) is 14.8 Å². The monoisotopic (exact) mass is 305 g/mol. The van der Waals surface area contributed by atoms with Gasteiger partial charge in [-0.2, -0.15) is 0 Å². The van der Waals surface area contributed by atoms with E-state index in [1.54, 1.807) is 0 Å². The van der Waals surface area contributed by atoms with Gasteiger partial charge in [-0.05, 0) is 51.2 Å². The van der Waals surface area contributed by atoms with E-state index in [0.717, 1.165) is 36.3 Å². The summed E-state index contributed by atoms with van der Waals surface area (Å²) in [4.78, 5) is 14.9. The molecule has 0 aromatic carbocycles. The molecule has 0 spiro atoms. The van der Waals surface area contributed by atoms with Gasteiger partial charge in [-0.25, -0.2) is 0 Å². The lowest BCUT2D eigenvalue weighted by atomic mass is 9.88. The summed E-state index contributed by atoms with van der Waals surface area (Å²) in [5.41, 5.74) is 1.82. The van der Waals surface area contributed by atoms with Crippen molar-refractivity contribution in [1.29, 1.82) is 0 Å². The van der Waals surface area contributed by atoms with Crippen molar-refractivity contribution in [3.05, 3.63) is 23.5 Å². The van der Waals surface area contributed by atoms with Gasteiger partial charge in [-0.1, -0.05) is 13.8 Å². The Labute approximate surface area is 134 Å². The van der Waals surface area contributed by atoms with Gasteiger partial charge in [0.1, 0.15) is 5.69 Å². The summed E-state index contributed by atoms with van der Waals surface area (Å²) < 4.78 is 1.94. The summed E-state index contributed by atoms with van der Waals surface area (Å²) in [5.74, 6) is 1.48. The van der Waals surface area contributed by atoms with Crippen molar-refractivity contribution in [2.45, 2.75) is 46.6 Å². The van der Waals surface area contributed by atoms with E-state index >= 15 is 0 Å². The van der Waals surface area contributed by atoms with Crippen molar-refractivity contribution in [3.8, 4) is 0 Å². The predicted octanol–water partition coefficient (Wildman–Crippen LogP) is 2.82. The molecule has 2 atom stereocenters. The number of rotatable bonds is 4. The molecule has 4 nitrogen and oxygen atoms in total. The van der Waals surface area contributed by atoms with Gasteiger partial charge in [0.25, 0.3) is 5.91 Å². The van der Waals surface area contributed by atoms with Gasteiger partial charge in [-0.15, -0.1) is 0 Å². The summed E-state index contributed by atoms with van der Waals surface area (Å²) in [6.45, 7) is 14.0. The van der Waals surface area contributed by atoms with Crippen LogP contribution in [0.4, 0.5) is 0 Å². The minimum Gasteiger partial charge on any atom is -0.349 e. The van der Waals surface area contributed by atoms with Crippen molar-refractivity contribution in [3.63, 3.8) is 0 Å². The topological polar surface area (TPSA) is 37.3 Å². The van der Waals surface area contributed by atoms with E-state index in [0.29, 0.717) is 6.54 Å². The highest BCUT2D eigenvalue weighted by molar-refractivity contribution is 5.92. The number of carbonyl (C=O) groups excluding carboxylic acids is 1. The summed E-state index contributed by atoms with van der Waals surface area (Å²) >= 11 is 0. The first-order chi connectivity index (χ1) is 10.2. The van der Waals surface area contributed by atoms with E-state index in [1.165, 1.54) is 6.42 Å². The molecule has 0 saturated carbocycles. The van der Waals surface area contributed by atoms with Gasteiger partial charge >= 0.3 is 0 Å². The number of nitrogens with one attached hydrogen (secondary N) is 1. The number of piperidine rings is 1. The SMILES string of the molecule is Cc1ccc(C(=O)NCC(C)(C)N2CC(C)CC(C)C2)n1C. The average molecular weight is 305 g/mol. The Kier molecular flexibility index (Phi) is 5.00. The molecule has 1 amide bonds. The van der Waals surface area contributed by atoms with Crippen LogP contribution in [-0.2, 0) is 7.05 Å². The number of amides is 1. The van der Waals surface area contributed by atoms with Crippen molar-refractivity contribution >= 4 is 5.91 Å². The molecule has 0 bridgehead atoms. The van der Waals surface area contributed by atoms with Gasteiger partial charge in [-0.3, -0.25) is 9.69 Å². The third kappa shape index (κ3) is 3.72. The molecule has 22 heavy (non-hydrogen) atoms. The third-order valence-electron chi connectivity index (χ3n) is 5.01. The van der Waals surface area contributed by atoms with Crippen LogP contribution in [0.3, 0.4) is 0 Å². The number of hydrogen-bond acceptors (Lipinski definition) is 2. The molecule has 1 saturated heterocycles. The highest BCUT2D eigenvalue weighted by atomic mass is 16.1. The second kappa shape index (κ2) is 6.45. The fourth-order valence-corrected chi connectivity index (χ4v) is 3.50. The molecule has 2 unspecified atom stereocenters. The summed E-state index contributed by atoms with van der Waals surface area (Å²) in [7, 11) is 1.93. The van der Waals surface area contributed by atoms with Crippen LogP contribution in [0.1, 0.15) is 50.3 Å². The molecular formula is C18H31N3O. The molecule has 1 aliphatic rings. The Balaban J connectivity index is 1.97. The lowest BCUT2D eigenvalue weighted by Gasteiger charge is -2.45. The van der Waals surface area contributed by atoms with Crippen LogP contribution in [0.5, 0.6) is 0 Å². The van der Waals surface area contributed by atoms with E-state index in [2.05, 4.69) is 37.9 Å². The Bertz CT molecular complexity index is 522. The summed E-state index contributed by atoms with van der Waals surface area (Å²) in [6.07, 6.45) is 1.31. The van der Waals surface area contributed by atoms with E-state index < -0.39 is 0 Å². The van der Waals surface area contributed by atoms with Crippen LogP contribution in [0, 0.1) is 18.8 Å². The molecule has 4 heteroatoms. The molecule has 1 aromatic rings. The number of aryl methyl sites for hydroxylation is 1. The minimum atomic E-state index is -0.0151. The number of hydrogen-bond donors (Lipinski definition) is 1. The smallest absolute Gasteiger partial charge is 0.267 e. The maximum atomic E-state index is 12.4. The first-order valence-electron chi connectivity index (χ1n) is 8.36. The predicted molar refractivity (Wildman–Crippen MR) is 91.1 cm³/mol. The number of likely N-dealkylation sites (tertiary alicyclic amines) is 1. The lowest BCUT2D eigenvalue weighted by molar-refractivity contribution is 0.0444. The number of aromatic nitrogens is 1. The number of nitrogens with zero attached hydrogens (tertiary/aromatic N) is 2. The largest absolute Gasteiger partial charge is 0.349 e. The highest BCUT2D eigenvalue weighted by Gasteiger charge is 2.33. The maximum absolute atomic E-state index is 12.4. The van der Waals surface area contributed by atoms with Gasteiger partial charge < -0.3 is 9.88 Å². The third-order valence-corrected chi connectivity index (χ3v) is 5.01. The van der Waals surface area contributed by atoms with E-state index in [1.807, 2.05) is 30.7 Å². The maximum Gasteiger partial charge on any atom is 0.267 e. The summed E-state index contributed by atoms with van der Waals surface area (Å²) in [6, 6.07) is 3.87. The van der Waals surface area contributed by atoms with Crippen LogP contribution in [0.2, 0.25) is 0 Å².